The van der Waals surface area contributed by atoms with E-state index in [9.17, 15) is 8.42 Å². The first kappa shape index (κ1) is 23.5. The molecule has 8 nitrogen and oxygen atoms in total. The van der Waals surface area contributed by atoms with Crippen molar-refractivity contribution in [3.8, 4) is 22.6 Å². The van der Waals surface area contributed by atoms with Crippen LogP contribution in [0.15, 0.2) is 65.6 Å². The van der Waals surface area contributed by atoms with Crippen LogP contribution in [-0.4, -0.2) is 32.6 Å². The van der Waals surface area contributed by atoms with Crippen LogP contribution in [0.25, 0.3) is 22.0 Å². The van der Waals surface area contributed by atoms with Crippen molar-refractivity contribution in [2.45, 2.75) is 24.8 Å². The van der Waals surface area contributed by atoms with E-state index in [0.29, 0.717) is 23.1 Å². The number of primary sulfonamides is 1. The number of nitrogens with two attached hydrogens (primary N) is 1. The Bertz CT molecular complexity index is 1470. The zero-order chi connectivity index (χ0) is 24.5. The summed E-state index contributed by atoms with van der Waals surface area (Å²) in [6, 6.07) is 18.1. The number of aryl methyl sites for hydroxylation is 1. The maximum absolute atomic E-state index is 11.8. The number of ether oxygens (including phenoxy) is 2. The predicted octanol–water partition coefficient (Wildman–Crippen LogP) is 4.44. The van der Waals surface area contributed by atoms with Gasteiger partial charge in [0.05, 0.1) is 24.6 Å². The molecule has 0 aliphatic carbocycles. The number of fused-ring (bicyclic) bond motifs is 1. The van der Waals surface area contributed by atoms with Crippen LogP contribution in [-0.2, 0) is 10.0 Å². The molecule has 1 aromatic heterocycles. The highest BCUT2D eigenvalue weighted by atomic mass is 32.2. The minimum absolute atomic E-state index is 0.0777. The number of hydrogen-bond acceptors (Lipinski definition) is 7. The summed E-state index contributed by atoms with van der Waals surface area (Å²) in [5.74, 6) is 2.50. The topological polar surface area (TPSA) is 116 Å². The van der Waals surface area contributed by atoms with Gasteiger partial charge in [-0.2, -0.15) is 0 Å². The molecule has 1 atom stereocenters. The molecule has 0 saturated heterocycles. The fraction of sp³-hybridized carbons (Fsp3) is 0.200. The Morgan fingerprint density at radius 2 is 1.56 bits per heavy atom. The fourth-order valence-electron chi connectivity index (χ4n) is 3.81. The van der Waals surface area contributed by atoms with Crippen LogP contribution in [0.4, 0.5) is 5.82 Å². The Kier molecular flexibility index (Phi) is 6.41. The molecule has 0 saturated carbocycles. The molecule has 3 N–H and O–H groups in total. The lowest BCUT2D eigenvalue weighted by Crippen LogP contribution is -2.12. The van der Waals surface area contributed by atoms with E-state index in [-0.39, 0.29) is 10.9 Å². The van der Waals surface area contributed by atoms with E-state index in [1.54, 1.807) is 26.4 Å². The van der Waals surface area contributed by atoms with Crippen molar-refractivity contribution in [1.29, 1.82) is 0 Å². The minimum atomic E-state index is -3.78. The van der Waals surface area contributed by atoms with Crippen molar-refractivity contribution in [3.05, 3.63) is 72.1 Å². The molecule has 0 aliphatic rings. The van der Waals surface area contributed by atoms with Gasteiger partial charge in [0.15, 0.2) is 11.5 Å². The molecule has 0 radical (unpaired) electrons. The molecular formula is C25H26N4O4S. The highest BCUT2D eigenvalue weighted by molar-refractivity contribution is 7.89. The molecule has 0 amide bonds. The summed E-state index contributed by atoms with van der Waals surface area (Å²) in [6.45, 7) is 3.87. The van der Waals surface area contributed by atoms with Crippen LogP contribution < -0.4 is 19.9 Å². The van der Waals surface area contributed by atoms with Crippen LogP contribution >= 0.6 is 0 Å². The summed E-state index contributed by atoms with van der Waals surface area (Å²) in [6.07, 6.45) is 0. The summed E-state index contributed by atoms with van der Waals surface area (Å²) in [4.78, 5) is 9.23. The smallest absolute Gasteiger partial charge is 0.238 e. The van der Waals surface area contributed by atoms with Gasteiger partial charge in [-0.3, -0.25) is 0 Å². The van der Waals surface area contributed by atoms with Crippen LogP contribution in [0.1, 0.15) is 24.4 Å². The van der Waals surface area contributed by atoms with Crippen molar-refractivity contribution in [2.75, 3.05) is 19.5 Å². The van der Waals surface area contributed by atoms with Crippen LogP contribution in [0.2, 0.25) is 0 Å². The predicted molar refractivity (Wildman–Crippen MR) is 133 cm³/mol. The molecule has 34 heavy (non-hydrogen) atoms. The third kappa shape index (κ3) is 4.80. The standard InChI is InChI=1S/C25H26N4O4S/c1-15(17-7-5-8-18(11-17)19-9-6-10-20(12-19)34(26,30)31)27-25-21-13-23(32-3)24(33-4)14-22(21)28-16(2)29-25/h5-15H,1-4H3,(H2,26,30,31)(H,27,28,29). The van der Waals surface area contributed by atoms with Crippen molar-refractivity contribution in [2.24, 2.45) is 5.14 Å². The zero-order valence-electron chi connectivity index (χ0n) is 19.4. The van der Waals surface area contributed by atoms with E-state index < -0.39 is 10.0 Å². The van der Waals surface area contributed by atoms with Gasteiger partial charge in [-0.15, -0.1) is 0 Å². The van der Waals surface area contributed by atoms with Crippen LogP contribution in [0.5, 0.6) is 11.5 Å². The quantitative estimate of drug-likeness (QED) is 0.403. The molecule has 0 bridgehead atoms. The molecule has 1 heterocycles. The van der Waals surface area contributed by atoms with Gasteiger partial charge in [-0.25, -0.2) is 23.5 Å². The van der Waals surface area contributed by atoms with E-state index >= 15 is 0 Å². The van der Waals surface area contributed by atoms with Crippen LogP contribution in [0.3, 0.4) is 0 Å². The second-order valence-electron chi connectivity index (χ2n) is 7.91. The molecule has 4 aromatic rings. The first-order valence-electron chi connectivity index (χ1n) is 10.6. The molecule has 3 aromatic carbocycles. The maximum Gasteiger partial charge on any atom is 0.238 e. The van der Waals surface area contributed by atoms with Gasteiger partial charge >= 0.3 is 0 Å². The van der Waals surface area contributed by atoms with E-state index in [2.05, 4.69) is 15.3 Å². The number of anilines is 1. The van der Waals surface area contributed by atoms with Crippen molar-refractivity contribution in [3.63, 3.8) is 0 Å². The maximum atomic E-state index is 11.8. The van der Waals surface area contributed by atoms with E-state index in [0.717, 1.165) is 27.6 Å². The van der Waals surface area contributed by atoms with Crippen LogP contribution in [0, 0.1) is 6.92 Å². The molecule has 1 unspecified atom stereocenters. The Balaban J connectivity index is 1.70. The third-order valence-electron chi connectivity index (χ3n) is 5.55. The van der Waals surface area contributed by atoms with Gasteiger partial charge in [-0.05, 0) is 54.8 Å². The first-order valence-corrected chi connectivity index (χ1v) is 12.1. The molecule has 0 spiro atoms. The van der Waals surface area contributed by atoms with Gasteiger partial charge in [-0.1, -0.05) is 30.3 Å². The highest BCUT2D eigenvalue weighted by Crippen LogP contribution is 2.35. The number of rotatable bonds is 7. The number of sulfonamides is 1. The number of hydrogen-bond donors (Lipinski definition) is 2. The number of aromatic nitrogens is 2. The van der Waals surface area contributed by atoms with Crippen molar-refractivity contribution in [1.82, 2.24) is 9.97 Å². The zero-order valence-corrected chi connectivity index (χ0v) is 20.2. The lowest BCUT2D eigenvalue weighted by Gasteiger charge is -2.18. The van der Waals surface area contributed by atoms with Crippen molar-refractivity contribution < 1.29 is 17.9 Å². The summed E-state index contributed by atoms with van der Waals surface area (Å²) >= 11 is 0. The van der Waals surface area contributed by atoms with Gasteiger partial charge in [0, 0.05) is 17.5 Å². The Morgan fingerprint density at radius 1 is 0.912 bits per heavy atom. The van der Waals surface area contributed by atoms with Gasteiger partial charge in [0.2, 0.25) is 10.0 Å². The van der Waals surface area contributed by atoms with Gasteiger partial charge < -0.3 is 14.8 Å². The number of methoxy groups -OCH3 is 2. The summed E-state index contributed by atoms with van der Waals surface area (Å²) in [5, 5.41) is 9.59. The Hall–Kier alpha value is -3.69. The second kappa shape index (κ2) is 9.28. The largest absolute Gasteiger partial charge is 0.493 e. The number of nitrogens with zero attached hydrogens (tertiary/aromatic N) is 2. The summed E-state index contributed by atoms with van der Waals surface area (Å²) < 4.78 is 34.4. The summed E-state index contributed by atoms with van der Waals surface area (Å²) in [5.41, 5.74) is 3.39. The minimum Gasteiger partial charge on any atom is -0.493 e. The second-order valence-corrected chi connectivity index (χ2v) is 9.47. The van der Waals surface area contributed by atoms with Crippen molar-refractivity contribution >= 4 is 26.7 Å². The molecule has 176 valence electrons. The number of nitrogens with one attached hydrogen (secondary N) is 1. The Morgan fingerprint density at radius 3 is 2.24 bits per heavy atom. The average molecular weight is 479 g/mol. The lowest BCUT2D eigenvalue weighted by atomic mass is 10.00. The molecule has 0 fully saturated rings. The molecule has 4 rings (SSSR count). The summed E-state index contributed by atoms with van der Waals surface area (Å²) in [7, 11) is -0.606. The van der Waals surface area contributed by atoms with E-state index in [1.807, 2.05) is 56.3 Å². The molecule has 0 aliphatic heterocycles. The SMILES string of the molecule is COc1cc2nc(C)nc(NC(C)c3cccc(-c4cccc(S(N)(=O)=O)c4)c3)c2cc1OC. The number of benzene rings is 3. The fourth-order valence-corrected chi connectivity index (χ4v) is 4.37. The van der Waals surface area contributed by atoms with Gasteiger partial charge in [0.1, 0.15) is 11.6 Å². The molecule has 9 heteroatoms. The third-order valence-corrected chi connectivity index (χ3v) is 6.46. The highest BCUT2D eigenvalue weighted by Gasteiger charge is 2.15. The average Bonchev–Trinajstić information content (AvgIpc) is 2.82. The lowest BCUT2D eigenvalue weighted by molar-refractivity contribution is 0.356. The monoisotopic (exact) mass is 478 g/mol. The molecular weight excluding hydrogens is 452 g/mol. The van der Waals surface area contributed by atoms with E-state index in [4.69, 9.17) is 14.6 Å². The van der Waals surface area contributed by atoms with E-state index in [1.165, 1.54) is 6.07 Å². The Labute approximate surface area is 198 Å². The van der Waals surface area contributed by atoms with Gasteiger partial charge in [0.25, 0.3) is 0 Å². The first-order chi connectivity index (χ1) is 16.2. The normalized spacial score (nSPS) is 12.4.